The van der Waals surface area contributed by atoms with Crippen LogP contribution in [0.4, 0.5) is 16.0 Å². The highest BCUT2D eigenvalue weighted by molar-refractivity contribution is 7.91. The summed E-state index contributed by atoms with van der Waals surface area (Å²) in [7, 11) is -3.64. The second kappa shape index (κ2) is 6.95. The van der Waals surface area contributed by atoms with Crippen LogP contribution in [0.2, 0.25) is 0 Å². The molecule has 25 heavy (non-hydrogen) atoms. The number of rotatable bonds is 5. The van der Waals surface area contributed by atoms with Crippen LogP contribution in [0.15, 0.2) is 24.3 Å². The first-order valence-electron chi connectivity index (χ1n) is 8.19. The Kier molecular flexibility index (Phi) is 4.89. The molecule has 1 aromatic heterocycles. The molecule has 0 saturated carbocycles. The predicted molar refractivity (Wildman–Crippen MR) is 95.6 cm³/mol. The fourth-order valence-corrected chi connectivity index (χ4v) is 4.21. The second-order valence-electron chi connectivity index (χ2n) is 6.25. The van der Waals surface area contributed by atoms with Crippen molar-refractivity contribution in [2.75, 3.05) is 22.7 Å². The molecule has 1 N–H and O–H groups in total. The Morgan fingerprint density at radius 1 is 1.08 bits per heavy atom. The number of sulfonamides is 1. The topological polar surface area (TPSA) is 75.2 Å². The SMILES string of the molecule is Cc1nc(N2CCCC2)nc(C)c1NS(=O)(=O)Cc1ccc(F)cc1. The van der Waals surface area contributed by atoms with Gasteiger partial charge in [0.2, 0.25) is 16.0 Å². The van der Waals surface area contributed by atoms with Crippen LogP contribution in [0.1, 0.15) is 29.8 Å². The van der Waals surface area contributed by atoms with Crippen LogP contribution in [0.3, 0.4) is 0 Å². The Balaban J connectivity index is 1.80. The molecule has 3 rings (SSSR count). The molecule has 1 aliphatic heterocycles. The third kappa shape index (κ3) is 4.25. The Bertz CT molecular complexity index is 840. The molecular formula is C17H21FN4O2S. The van der Waals surface area contributed by atoms with E-state index < -0.39 is 15.8 Å². The summed E-state index contributed by atoms with van der Waals surface area (Å²) in [5, 5.41) is 0. The van der Waals surface area contributed by atoms with Crippen LogP contribution in [0.25, 0.3) is 0 Å². The first kappa shape index (κ1) is 17.6. The lowest BCUT2D eigenvalue weighted by atomic mass is 10.2. The van der Waals surface area contributed by atoms with Gasteiger partial charge in [-0.05, 0) is 44.4 Å². The summed E-state index contributed by atoms with van der Waals surface area (Å²) in [6.45, 7) is 5.39. The van der Waals surface area contributed by atoms with Gasteiger partial charge in [0.05, 0.1) is 22.8 Å². The number of aromatic nitrogens is 2. The molecule has 2 aromatic rings. The minimum atomic E-state index is -3.64. The fourth-order valence-electron chi connectivity index (χ4n) is 2.90. The molecule has 0 bridgehead atoms. The number of halogens is 1. The van der Waals surface area contributed by atoms with Crippen LogP contribution in [0, 0.1) is 19.7 Å². The number of anilines is 2. The highest BCUT2D eigenvalue weighted by atomic mass is 32.2. The monoisotopic (exact) mass is 364 g/mol. The maximum absolute atomic E-state index is 13.0. The van der Waals surface area contributed by atoms with E-state index in [0.717, 1.165) is 25.9 Å². The molecule has 0 amide bonds. The van der Waals surface area contributed by atoms with Gasteiger partial charge in [0.25, 0.3) is 0 Å². The van der Waals surface area contributed by atoms with E-state index in [4.69, 9.17) is 0 Å². The number of hydrogen-bond acceptors (Lipinski definition) is 5. The van der Waals surface area contributed by atoms with E-state index in [2.05, 4.69) is 19.6 Å². The summed E-state index contributed by atoms with van der Waals surface area (Å²) >= 11 is 0. The van der Waals surface area contributed by atoms with Crippen LogP contribution in [-0.4, -0.2) is 31.5 Å². The molecule has 0 spiro atoms. The third-order valence-electron chi connectivity index (χ3n) is 4.18. The first-order valence-corrected chi connectivity index (χ1v) is 9.84. The highest BCUT2D eigenvalue weighted by Crippen LogP contribution is 2.24. The summed E-state index contributed by atoms with van der Waals surface area (Å²) in [5.74, 6) is 0.0146. The van der Waals surface area contributed by atoms with Gasteiger partial charge in [-0.1, -0.05) is 12.1 Å². The van der Waals surface area contributed by atoms with Gasteiger partial charge in [-0.25, -0.2) is 22.8 Å². The summed E-state index contributed by atoms with van der Waals surface area (Å²) in [6.07, 6.45) is 2.24. The van der Waals surface area contributed by atoms with Crippen molar-refractivity contribution in [1.82, 2.24) is 9.97 Å². The molecule has 0 aliphatic carbocycles. The Morgan fingerprint density at radius 2 is 1.64 bits per heavy atom. The molecule has 2 heterocycles. The lowest BCUT2D eigenvalue weighted by Crippen LogP contribution is -2.23. The highest BCUT2D eigenvalue weighted by Gasteiger charge is 2.20. The van der Waals surface area contributed by atoms with E-state index in [9.17, 15) is 12.8 Å². The van der Waals surface area contributed by atoms with Crippen molar-refractivity contribution < 1.29 is 12.8 Å². The first-order chi connectivity index (χ1) is 11.8. The van der Waals surface area contributed by atoms with E-state index in [1.165, 1.54) is 24.3 Å². The van der Waals surface area contributed by atoms with Crippen LogP contribution >= 0.6 is 0 Å². The molecule has 0 radical (unpaired) electrons. The van der Waals surface area contributed by atoms with Gasteiger partial charge in [0.1, 0.15) is 5.82 Å². The maximum atomic E-state index is 13.0. The van der Waals surface area contributed by atoms with E-state index >= 15 is 0 Å². The van der Waals surface area contributed by atoms with Crippen molar-refractivity contribution in [3.8, 4) is 0 Å². The molecule has 8 heteroatoms. The quantitative estimate of drug-likeness (QED) is 0.883. The normalized spacial score (nSPS) is 14.8. The van der Waals surface area contributed by atoms with Gasteiger partial charge in [-0.3, -0.25) is 4.72 Å². The van der Waals surface area contributed by atoms with Gasteiger partial charge in [0, 0.05) is 13.1 Å². The van der Waals surface area contributed by atoms with E-state index in [1.807, 2.05) is 0 Å². The van der Waals surface area contributed by atoms with Gasteiger partial charge < -0.3 is 4.90 Å². The van der Waals surface area contributed by atoms with Crippen molar-refractivity contribution in [1.29, 1.82) is 0 Å². The average Bonchev–Trinajstić information content (AvgIpc) is 3.07. The molecule has 1 fully saturated rings. The Labute approximate surface area is 147 Å². The van der Waals surface area contributed by atoms with Crippen molar-refractivity contribution >= 4 is 21.7 Å². The zero-order valence-corrected chi connectivity index (χ0v) is 15.1. The lowest BCUT2D eigenvalue weighted by Gasteiger charge is -2.19. The Hall–Kier alpha value is -2.22. The second-order valence-corrected chi connectivity index (χ2v) is 7.97. The largest absolute Gasteiger partial charge is 0.341 e. The molecule has 6 nitrogen and oxygen atoms in total. The molecule has 1 saturated heterocycles. The molecular weight excluding hydrogens is 343 g/mol. The molecule has 1 aromatic carbocycles. The van der Waals surface area contributed by atoms with E-state index in [-0.39, 0.29) is 5.75 Å². The van der Waals surface area contributed by atoms with E-state index in [1.54, 1.807) is 13.8 Å². The van der Waals surface area contributed by atoms with Crippen LogP contribution in [-0.2, 0) is 15.8 Å². The predicted octanol–water partition coefficient (Wildman–Crippen LogP) is 2.77. The number of hydrogen-bond donors (Lipinski definition) is 1. The number of benzene rings is 1. The maximum Gasteiger partial charge on any atom is 0.237 e. The smallest absolute Gasteiger partial charge is 0.237 e. The van der Waals surface area contributed by atoms with Crippen molar-refractivity contribution in [3.63, 3.8) is 0 Å². The Morgan fingerprint density at radius 3 is 2.20 bits per heavy atom. The lowest BCUT2D eigenvalue weighted by molar-refractivity contribution is 0.599. The third-order valence-corrected chi connectivity index (χ3v) is 5.40. The van der Waals surface area contributed by atoms with Gasteiger partial charge in [0.15, 0.2) is 0 Å². The van der Waals surface area contributed by atoms with Crippen LogP contribution < -0.4 is 9.62 Å². The standard InChI is InChI=1S/C17H21FN4O2S/c1-12-16(13(2)20-17(19-12)22-9-3-4-10-22)21-25(23,24)11-14-5-7-15(18)8-6-14/h5-8,21H,3-4,9-11H2,1-2H3. The minimum absolute atomic E-state index is 0.236. The minimum Gasteiger partial charge on any atom is -0.341 e. The zero-order chi connectivity index (χ0) is 18.0. The van der Waals surface area contributed by atoms with Gasteiger partial charge in [-0.15, -0.1) is 0 Å². The molecule has 134 valence electrons. The summed E-state index contributed by atoms with van der Waals surface area (Å²) in [6, 6.07) is 5.41. The van der Waals surface area contributed by atoms with E-state index in [0.29, 0.717) is 28.6 Å². The molecule has 0 unspecified atom stereocenters. The number of nitrogens with zero attached hydrogens (tertiary/aromatic N) is 3. The molecule has 1 aliphatic rings. The average molecular weight is 364 g/mol. The summed E-state index contributed by atoms with van der Waals surface area (Å²) in [4.78, 5) is 11.0. The van der Waals surface area contributed by atoms with Crippen LogP contribution in [0.5, 0.6) is 0 Å². The number of nitrogens with one attached hydrogen (secondary N) is 1. The summed E-state index contributed by atoms with van der Waals surface area (Å²) < 4.78 is 40.4. The van der Waals surface area contributed by atoms with Crippen molar-refractivity contribution in [3.05, 3.63) is 47.0 Å². The number of aryl methyl sites for hydroxylation is 2. The van der Waals surface area contributed by atoms with Crippen molar-refractivity contribution in [2.24, 2.45) is 0 Å². The molecule has 0 atom stereocenters. The van der Waals surface area contributed by atoms with Gasteiger partial charge in [-0.2, -0.15) is 0 Å². The zero-order valence-electron chi connectivity index (χ0n) is 14.3. The fraction of sp³-hybridized carbons (Fsp3) is 0.412. The summed E-state index contributed by atoms with van der Waals surface area (Å²) in [5.41, 5.74) is 2.11. The van der Waals surface area contributed by atoms with Gasteiger partial charge >= 0.3 is 0 Å². The van der Waals surface area contributed by atoms with Crippen molar-refractivity contribution in [2.45, 2.75) is 32.4 Å².